The molecule has 0 spiro atoms. The molecule has 0 bridgehead atoms. The van der Waals surface area contributed by atoms with Crippen molar-refractivity contribution in [2.45, 2.75) is 70.6 Å². The predicted octanol–water partition coefficient (Wildman–Crippen LogP) is 7.69. The Hall–Kier alpha value is -1.95. The predicted molar refractivity (Wildman–Crippen MR) is 117 cm³/mol. The molecule has 26 heavy (non-hydrogen) atoms. The molecule has 0 amide bonds. The van der Waals surface area contributed by atoms with E-state index < -0.39 is 0 Å². The van der Waals surface area contributed by atoms with Gasteiger partial charge in [0.05, 0.1) is 13.3 Å². The van der Waals surface area contributed by atoms with Crippen LogP contribution in [0.15, 0.2) is 55.1 Å². The first-order valence-electron chi connectivity index (χ1n) is 9.86. The second-order valence-electron chi connectivity index (χ2n) is 8.78. The van der Waals surface area contributed by atoms with Crippen LogP contribution in [0.2, 0.25) is 0 Å². The van der Waals surface area contributed by atoms with E-state index in [1.165, 1.54) is 22.3 Å². The molecule has 1 atom stereocenters. The van der Waals surface area contributed by atoms with Crippen molar-refractivity contribution in [3.8, 4) is 0 Å². The Kier molecular flexibility index (Phi) is 6.39. The summed E-state index contributed by atoms with van der Waals surface area (Å²) in [5.74, 6) is 0.570. The number of hydrogen-bond donors (Lipinski definition) is 0. The lowest BCUT2D eigenvalue weighted by Crippen LogP contribution is -2.21. The van der Waals surface area contributed by atoms with Crippen molar-refractivity contribution in [2.24, 2.45) is 0 Å². The molecule has 138 valence electrons. The Morgan fingerprint density at radius 1 is 0.885 bits per heavy atom. The van der Waals surface area contributed by atoms with E-state index in [1.807, 2.05) is 6.08 Å². The Morgan fingerprint density at radius 3 is 1.85 bits per heavy atom. The van der Waals surface area contributed by atoms with Crippen molar-refractivity contribution in [2.75, 3.05) is 0 Å². The molecule has 0 aromatic heterocycles. The van der Waals surface area contributed by atoms with Crippen LogP contribution in [-0.4, -0.2) is 0 Å². The second kappa shape index (κ2) is 8.16. The molecule has 0 saturated heterocycles. The fraction of sp³-hybridized carbons (Fsp3) is 0.423. The van der Waals surface area contributed by atoms with E-state index in [4.69, 9.17) is 0 Å². The van der Waals surface area contributed by atoms with Crippen LogP contribution in [0.1, 0.15) is 82.1 Å². The first-order valence-corrected chi connectivity index (χ1v) is 9.86. The van der Waals surface area contributed by atoms with E-state index in [9.17, 15) is 0 Å². The zero-order chi connectivity index (χ0) is 19.4. The quantitative estimate of drug-likeness (QED) is 0.429. The van der Waals surface area contributed by atoms with E-state index in [2.05, 4.69) is 96.7 Å². The molecule has 0 aliphatic heterocycles. The molecule has 0 radical (unpaired) electrons. The number of hydrogen-bond acceptors (Lipinski definition) is 0. The molecule has 0 heterocycles. The lowest BCUT2D eigenvalue weighted by atomic mass is 9.74. The first-order chi connectivity index (χ1) is 12.2. The molecule has 0 heteroatoms. The summed E-state index contributed by atoms with van der Waals surface area (Å²) in [5, 5.41) is 0. The summed E-state index contributed by atoms with van der Waals surface area (Å²) in [7, 11) is 0. The molecular weight excluding hydrogens is 312 g/mol. The van der Waals surface area contributed by atoms with Gasteiger partial charge in [0.1, 0.15) is 0 Å². The molecule has 0 fully saturated rings. The fourth-order valence-electron chi connectivity index (χ4n) is 3.65. The monoisotopic (exact) mass is 347 g/mol. The number of rotatable bonds is 8. The summed E-state index contributed by atoms with van der Waals surface area (Å²) in [6.45, 7) is 19.5. The Balaban J connectivity index is 2.20. The van der Waals surface area contributed by atoms with Crippen LogP contribution in [0.5, 0.6) is 0 Å². The van der Waals surface area contributed by atoms with Gasteiger partial charge in [0, 0.05) is 5.41 Å². The largest absolute Gasteiger partial charge is 0.0985 e. The normalized spacial score (nSPS) is 13.4. The zero-order valence-electron chi connectivity index (χ0n) is 17.3. The van der Waals surface area contributed by atoms with Gasteiger partial charge in [0.25, 0.3) is 0 Å². The average Bonchev–Trinajstić information content (AvgIpc) is 2.66. The molecule has 0 aliphatic rings. The van der Waals surface area contributed by atoms with E-state index in [1.54, 1.807) is 0 Å². The highest BCUT2D eigenvalue weighted by Gasteiger charge is 2.26. The van der Waals surface area contributed by atoms with Crippen LogP contribution >= 0.6 is 0 Å². The van der Waals surface area contributed by atoms with Crippen LogP contribution < -0.4 is 0 Å². The van der Waals surface area contributed by atoms with Gasteiger partial charge in [-0.3, -0.25) is 0 Å². The van der Waals surface area contributed by atoms with Crippen LogP contribution in [0.3, 0.4) is 0 Å². The average molecular weight is 348 g/mol. The lowest BCUT2D eigenvalue weighted by molar-refractivity contribution is 0.417. The SMILES string of the molecule is C=Cc1ccc(C(C)(C)CC(CC)c2ccc(C(C)(C)C[CH2+])cc2)cc1. The molecule has 2 rings (SSSR count). The molecule has 1 unspecified atom stereocenters. The van der Waals surface area contributed by atoms with E-state index in [0.717, 1.165) is 19.3 Å². The standard InChI is InChI=1S/C26H35/c1-8-20-11-15-24(16-12-20)26(6,7)19-21(9-2)22-13-17-23(18-14-22)25(4,5)10-3/h8,11-18,21H,1,3,9-10,19H2,2,4-7H3/q+1. The maximum Gasteiger partial charge on any atom is 0.0941 e. The van der Waals surface area contributed by atoms with Crippen molar-refractivity contribution in [1.29, 1.82) is 0 Å². The zero-order valence-corrected chi connectivity index (χ0v) is 17.3. The second-order valence-corrected chi connectivity index (χ2v) is 8.78. The van der Waals surface area contributed by atoms with E-state index >= 15 is 0 Å². The van der Waals surface area contributed by atoms with Gasteiger partial charge in [0.15, 0.2) is 0 Å². The smallest absolute Gasteiger partial charge is 0.0941 e. The summed E-state index contributed by atoms with van der Waals surface area (Å²) in [6.07, 6.45) is 5.12. The molecule has 2 aromatic rings. The van der Waals surface area contributed by atoms with Crippen molar-refractivity contribution in [1.82, 2.24) is 0 Å². The summed E-state index contributed by atoms with van der Waals surface area (Å²) >= 11 is 0. The van der Waals surface area contributed by atoms with Crippen molar-refractivity contribution in [3.63, 3.8) is 0 Å². The van der Waals surface area contributed by atoms with Gasteiger partial charge < -0.3 is 0 Å². The minimum Gasteiger partial charge on any atom is -0.0985 e. The van der Waals surface area contributed by atoms with E-state index in [0.29, 0.717) is 5.92 Å². The summed E-state index contributed by atoms with van der Waals surface area (Å²) < 4.78 is 0. The van der Waals surface area contributed by atoms with Crippen molar-refractivity contribution in [3.05, 3.63) is 84.3 Å². The van der Waals surface area contributed by atoms with Crippen LogP contribution in [0.25, 0.3) is 6.08 Å². The van der Waals surface area contributed by atoms with Crippen LogP contribution in [-0.2, 0) is 10.8 Å². The molecule has 0 N–H and O–H groups in total. The Morgan fingerprint density at radius 2 is 1.38 bits per heavy atom. The maximum absolute atomic E-state index is 4.10. The maximum atomic E-state index is 4.10. The van der Waals surface area contributed by atoms with Gasteiger partial charge in [-0.05, 0) is 46.4 Å². The van der Waals surface area contributed by atoms with Gasteiger partial charge >= 0.3 is 0 Å². The molecule has 0 aliphatic carbocycles. The third-order valence-corrected chi connectivity index (χ3v) is 5.97. The van der Waals surface area contributed by atoms with Crippen LogP contribution in [0.4, 0.5) is 0 Å². The topological polar surface area (TPSA) is 0 Å². The number of benzene rings is 2. The fourth-order valence-corrected chi connectivity index (χ4v) is 3.65. The Labute approximate surface area is 161 Å². The third-order valence-electron chi connectivity index (χ3n) is 5.97. The molecule has 0 saturated carbocycles. The highest BCUT2D eigenvalue weighted by molar-refractivity contribution is 5.48. The highest BCUT2D eigenvalue weighted by Crippen LogP contribution is 2.37. The van der Waals surface area contributed by atoms with Gasteiger partial charge in [-0.15, -0.1) is 0 Å². The minimum atomic E-state index is 0.145. The summed E-state index contributed by atoms with van der Waals surface area (Å²) in [4.78, 5) is 0. The van der Waals surface area contributed by atoms with Gasteiger partial charge in [-0.1, -0.05) is 95.8 Å². The van der Waals surface area contributed by atoms with Gasteiger partial charge in [-0.2, -0.15) is 0 Å². The minimum absolute atomic E-state index is 0.145. The molecule has 0 nitrogen and oxygen atoms in total. The summed E-state index contributed by atoms with van der Waals surface area (Å²) in [5.41, 5.74) is 5.70. The first kappa shape index (κ1) is 20.4. The van der Waals surface area contributed by atoms with Gasteiger partial charge in [-0.25, -0.2) is 0 Å². The summed E-state index contributed by atoms with van der Waals surface area (Å²) in [6, 6.07) is 18.1. The van der Waals surface area contributed by atoms with Crippen LogP contribution in [0, 0.1) is 6.92 Å². The highest BCUT2D eigenvalue weighted by atomic mass is 14.3. The van der Waals surface area contributed by atoms with E-state index in [-0.39, 0.29) is 10.8 Å². The Bertz CT molecular complexity index is 699. The van der Waals surface area contributed by atoms with Crippen molar-refractivity contribution >= 4 is 6.08 Å². The van der Waals surface area contributed by atoms with Gasteiger partial charge in [0.2, 0.25) is 0 Å². The third kappa shape index (κ3) is 4.61. The molecular formula is C26H35+. The lowest BCUT2D eigenvalue weighted by Gasteiger charge is -2.31. The van der Waals surface area contributed by atoms with Crippen molar-refractivity contribution < 1.29 is 0 Å². The molecule has 2 aromatic carbocycles.